The van der Waals surface area contributed by atoms with Gasteiger partial charge in [0, 0.05) is 12.2 Å². The highest BCUT2D eigenvalue weighted by molar-refractivity contribution is 7.80. The van der Waals surface area contributed by atoms with Crippen LogP contribution in [0.1, 0.15) is 11.6 Å². The van der Waals surface area contributed by atoms with E-state index in [0.29, 0.717) is 17.3 Å². The molecule has 0 aromatic heterocycles. The number of anilines is 1. The maximum Gasteiger partial charge on any atom is 0.170 e. The summed E-state index contributed by atoms with van der Waals surface area (Å²) < 4.78 is 13.2. The number of likely N-dealkylation sites (N-methyl/N-ethyl adjacent to an activating group) is 1. The largest absolute Gasteiger partial charge is 0.361 e. The Labute approximate surface area is 146 Å². The van der Waals surface area contributed by atoms with Gasteiger partial charge in [0.2, 0.25) is 0 Å². The van der Waals surface area contributed by atoms with Gasteiger partial charge in [-0.15, -0.1) is 0 Å². The van der Waals surface area contributed by atoms with Gasteiger partial charge in [-0.2, -0.15) is 0 Å². The smallest absolute Gasteiger partial charge is 0.170 e. The monoisotopic (exact) mass is 351 g/mol. The van der Waals surface area contributed by atoms with Crippen LogP contribution in [0.15, 0.2) is 48.5 Å². The number of hydrogen-bond acceptors (Lipinski definition) is 2. The minimum Gasteiger partial charge on any atom is -0.361 e. The predicted molar refractivity (Wildman–Crippen MR) is 98.5 cm³/mol. The molecule has 0 heterocycles. The molecule has 2 N–H and O–H groups in total. The van der Waals surface area contributed by atoms with Crippen LogP contribution in [0.3, 0.4) is 0 Å². The van der Waals surface area contributed by atoms with E-state index in [1.807, 2.05) is 32.3 Å². The Morgan fingerprint density at radius 2 is 1.91 bits per heavy atom. The van der Waals surface area contributed by atoms with Gasteiger partial charge in [-0.1, -0.05) is 41.9 Å². The van der Waals surface area contributed by atoms with E-state index in [2.05, 4.69) is 27.7 Å². The molecule has 23 heavy (non-hydrogen) atoms. The average molecular weight is 352 g/mol. The lowest BCUT2D eigenvalue weighted by Crippen LogP contribution is -2.36. The summed E-state index contributed by atoms with van der Waals surface area (Å²) in [6, 6.07) is 14.8. The zero-order valence-corrected chi connectivity index (χ0v) is 14.6. The third-order valence-electron chi connectivity index (χ3n) is 3.44. The Morgan fingerprint density at radius 1 is 1.22 bits per heavy atom. The lowest BCUT2D eigenvalue weighted by Gasteiger charge is -2.25. The third-order valence-corrected chi connectivity index (χ3v) is 3.98. The van der Waals surface area contributed by atoms with E-state index in [1.54, 1.807) is 6.07 Å². The first-order chi connectivity index (χ1) is 11.0. The van der Waals surface area contributed by atoms with Crippen molar-refractivity contribution in [2.24, 2.45) is 0 Å². The van der Waals surface area contributed by atoms with Crippen molar-refractivity contribution in [3.8, 4) is 0 Å². The van der Waals surface area contributed by atoms with Crippen molar-refractivity contribution in [1.82, 2.24) is 10.2 Å². The zero-order valence-electron chi connectivity index (χ0n) is 13.0. The van der Waals surface area contributed by atoms with Crippen LogP contribution in [-0.2, 0) is 0 Å². The van der Waals surface area contributed by atoms with Gasteiger partial charge in [0.1, 0.15) is 5.82 Å². The minimum absolute atomic E-state index is 0.0632. The molecule has 3 nitrogen and oxygen atoms in total. The molecule has 0 radical (unpaired) electrons. The highest BCUT2D eigenvalue weighted by Gasteiger charge is 2.14. The zero-order chi connectivity index (χ0) is 16.8. The molecule has 0 aliphatic carbocycles. The molecule has 0 saturated carbocycles. The third kappa shape index (κ3) is 5.16. The van der Waals surface area contributed by atoms with Crippen molar-refractivity contribution in [2.75, 3.05) is 26.0 Å². The number of benzene rings is 2. The van der Waals surface area contributed by atoms with Gasteiger partial charge in [-0.3, -0.25) is 0 Å². The topological polar surface area (TPSA) is 27.3 Å². The molecule has 0 unspecified atom stereocenters. The van der Waals surface area contributed by atoms with E-state index in [9.17, 15) is 4.39 Å². The SMILES string of the molecule is CN(C)[C@H](CNC(=S)Nc1ccc(F)c(Cl)c1)c1ccccc1. The maximum absolute atomic E-state index is 13.2. The Balaban J connectivity index is 1.95. The fraction of sp³-hybridized carbons (Fsp3) is 0.235. The lowest BCUT2D eigenvalue weighted by molar-refractivity contribution is 0.299. The van der Waals surface area contributed by atoms with Gasteiger partial charge in [0.15, 0.2) is 5.11 Å². The first-order valence-electron chi connectivity index (χ1n) is 7.18. The van der Waals surface area contributed by atoms with Gasteiger partial charge < -0.3 is 15.5 Å². The number of hydrogen-bond donors (Lipinski definition) is 2. The first kappa shape index (κ1) is 17.7. The summed E-state index contributed by atoms with van der Waals surface area (Å²) in [6.45, 7) is 0.651. The standard InChI is InChI=1S/C17H19ClFN3S/c1-22(2)16(12-6-4-3-5-7-12)11-20-17(23)21-13-8-9-15(19)14(18)10-13/h3-10,16H,11H2,1-2H3,(H2,20,21,23)/t16-/m1/s1. The van der Waals surface area contributed by atoms with Crippen LogP contribution in [0.4, 0.5) is 10.1 Å². The van der Waals surface area contributed by atoms with Crippen LogP contribution < -0.4 is 10.6 Å². The van der Waals surface area contributed by atoms with Gasteiger partial charge in [-0.25, -0.2) is 4.39 Å². The lowest BCUT2D eigenvalue weighted by atomic mass is 10.1. The normalized spacial score (nSPS) is 12.0. The highest BCUT2D eigenvalue weighted by atomic mass is 35.5. The second-order valence-corrected chi connectivity index (χ2v) is 6.17. The van der Waals surface area contributed by atoms with Gasteiger partial charge in [0.25, 0.3) is 0 Å². The second kappa shape index (κ2) is 8.24. The molecule has 2 aromatic carbocycles. The Kier molecular flexibility index (Phi) is 6.33. The minimum atomic E-state index is -0.451. The van der Waals surface area contributed by atoms with Gasteiger partial charge in [-0.05, 0) is 50.1 Å². The van der Waals surface area contributed by atoms with Crippen LogP contribution in [0.5, 0.6) is 0 Å². The fourth-order valence-electron chi connectivity index (χ4n) is 2.21. The second-order valence-electron chi connectivity index (χ2n) is 5.35. The Bertz CT molecular complexity index is 664. The van der Waals surface area contributed by atoms with E-state index in [1.165, 1.54) is 17.7 Å². The summed E-state index contributed by atoms with van der Waals surface area (Å²) >= 11 is 11.1. The summed E-state index contributed by atoms with van der Waals surface area (Å²) in [7, 11) is 4.05. The number of halogens is 2. The predicted octanol–water partition coefficient (Wildman–Crippen LogP) is 4.07. The number of nitrogens with one attached hydrogen (secondary N) is 2. The molecule has 0 amide bonds. The molecule has 6 heteroatoms. The van der Waals surface area contributed by atoms with Gasteiger partial charge >= 0.3 is 0 Å². The maximum atomic E-state index is 13.2. The number of rotatable bonds is 5. The summed E-state index contributed by atoms with van der Waals surface area (Å²) in [6.07, 6.45) is 0. The molecule has 2 aromatic rings. The van der Waals surface area contributed by atoms with Crippen LogP contribution >= 0.6 is 23.8 Å². The van der Waals surface area contributed by atoms with E-state index >= 15 is 0 Å². The van der Waals surface area contributed by atoms with E-state index in [-0.39, 0.29) is 11.1 Å². The van der Waals surface area contributed by atoms with Crippen molar-refractivity contribution in [2.45, 2.75) is 6.04 Å². The van der Waals surface area contributed by atoms with Gasteiger partial charge in [0.05, 0.1) is 11.1 Å². The summed E-state index contributed by atoms with van der Waals surface area (Å²) in [5.74, 6) is -0.451. The van der Waals surface area contributed by atoms with Crippen LogP contribution in [0, 0.1) is 5.82 Å². The number of thiocarbonyl (C=S) groups is 1. The molecule has 0 fully saturated rings. The van der Waals surface area contributed by atoms with E-state index in [0.717, 1.165) is 0 Å². The summed E-state index contributed by atoms with van der Waals surface area (Å²) in [5.41, 5.74) is 1.85. The molecule has 2 rings (SSSR count). The molecular formula is C17H19ClFN3S. The van der Waals surface area contributed by atoms with Crippen molar-refractivity contribution in [1.29, 1.82) is 0 Å². The fourth-order valence-corrected chi connectivity index (χ4v) is 2.59. The molecule has 0 aliphatic heterocycles. The number of nitrogens with zero attached hydrogens (tertiary/aromatic N) is 1. The molecule has 0 spiro atoms. The summed E-state index contributed by atoms with van der Waals surface area (Å²) in [4.78, 5) is 2.12. The van der Waals surface area contributed by atoms with Crippen molar-refractivity contribution in [3.63, 3.8) is 0 Å². The molecule has 0 saturated heterocycles. The molecule has 1 atom stereocenters. The van der Waals surface area contributed by atoms with Crippen molar-refractivity contribution in [3.05, 3.63) is 64.9 Å². The molecule has 0 aliphatic rings. The van der Waals surface area contributed by atoms with E-state index < -0.39 is 5.82 Å². The van der Waals surface area contributed by atoms with E-state index in [4.69, 9.17) is 23.8 Å². The molecular weight excluding hydrogens is 333 g/mol. The van der Waals surface area contributed by atoms with Crippen LogP contribution in [0.25, 0.3) is 0 Å². The first-order valence-corrected chi connectivity index (χ1v) is 7.97. The van der Waals surface area contributed by atoms with Crippen molar-refractivity contribution >= 4 is 34.6 Å². The highest BCUT2D eigenvalue weighted by Crippen LogP contribution is 2.20. The molecule has 0 bridgehead atoms. The Morgan fingerprint density at radius 3 is 2.52 bits per heavy atom. The molecule has 122 valence electrons. The Hall–Kier alpha value is -1.69. The average Bonchev–Trinajstić information content (AvgIpc) is 2.52. The van der Waals surface area contributed by atoms with Crippen molar-refractivity contribution < 1.29 is 4.39 Å². The van der Waals surface area contributed by atoms with Crippen LogP contribution in [-0.4, -0.2) is 30.7 Å². The van der Waals surface area contributed by atoms with Crippen LogP contribution in [0.2, 0.25) is 5.02 Å². The summed E-state index contributed by atoms with van der Waals surface area (Å²) in [5, 5.41) is 6.72. The quantitative estimate of drug-likeness (QED) is 0.794.